The standard InChI is InChI=1S/C11H18N2O2S2/c1-12-8-10-11(5-6-16-10)17(14,15)13-7-9-3-2-4-9/h5-6,9,12-13H,2-4,7-8H2,1H3. The van der Waals surface area contributed by atoms with Gasteiger partial charge in [-0.25, -0.2) is 13.1 Å². The fraction of sp³-hybridized carbons (Fsp3) is 0.636. The van der Waals surface area contributed by atoms with Gasteiger partial charge in [0.05, 0.1) is 4.90 Å². The SMILES string of the molecule is CNCc1sccc1S(=O)(=O)NCC1CCC1. The minimum atomic E-state index is -3.32. The highest BCUT2D eigenvalue weighted by molar-refractivity contribution is 7.89. The number of thiophene rings is 1. The Morgan fingerprint density at radius 1 is 1.47 bits per heavy atom. The second-order valence-corrected chi connectivity index (χ2v) is 7.12. The average Bonchev–Trinajstić information content (AvgIpc) is 2.64. The molecular weight excluding hydrogens is 256 g/mol. The van der Waals surface area contributed by atoms with Crippen LogP contribution in [0.4, 0.5) is 0 Å². The van der Waals surface area contributed by atoms with Crippen LogP contribution in [-0.4, -0.2) is 22.0 Å². The van der Waals surface area contributed by atoms with Crippen molar-refractivity contribution in [1.29, 1.82) is 0 Å². The molecule has 0 saturated heterocycles. The van der Waals surface area contributed by atoms with Crippen LogP contribution in [0.15, 0.2) is 16.3 Å². The lowest BCUT2D eigenvalue weighted by Crippen LogP contribution is -2.32. The quantitative estimate of drug-likeness (QED) is 0.827. The molecule has 1 fully saturated rings. The molecule has 4 nitrogen and oxygen atoms in total. The third-order valence-corrected chi connectivity index (χ3v) is 5.68. The Kier molecular flexibility index (Phi) is 4.19. The molecular formula is C11H18N2O2S2. The van der Waals surface area contributed by atoms with Gasteiger partial charge in [-0.3, -0.25) is 0 Å². The molecule has 0 amide bonds. The van der Waals surface area contributed by atoms with Gasteiger partial charge < -0.3 is 5.32 Å². The molecule has 6 heteroatoms. The number of sulfonamides is 1. The van der Waals surface area contributed by atoms with Crippen molar-refractivity contribution >= 4 is 21.4 Å². The summed E-state index contributed by atoms with van der Waals surface area (Å²) in [5.41, 5.74) is 0. The zero-order valence-electron chi connectivity index (χ0n) is 9.90. The van der Waals surface area contributed by atoms with Crippen LogP contribution in [0, 0.1) is 5.92 Å². The maximum Gasteiger partial charge on any atom is 0.241 e. The molecule has 1 aliphatic rings. The lowest BCUT2D eigenvalue weighted by atomic mass is 9.86. The molecule has 1 saturated carbocycles. The molecule has 2 N–H and O–H groups in total. The molecule has 0 spiro atoms. The summed E-state index contributed by atoms with van der Waals surface area (Å²) in [6.45, 7) is 1.18. The van der Waals surface area contributed by atoms with Gasteiger partial charge in [0.25, 0.3) is 0 Å². The van der Waals surface area contributed by atoms with Crippen molar-refractivity contribution in [2.75, 3.05) is 13.6 Å². The Morgan fingerprint density at radius 3 is 2.82 bits per heavy atom. The normalized spacial score (nSPS) is 17.0. The van der Waals surface area contributed by atoms with Crippen LogP contribution >= 0.6 is 11.3 Å². The van der Waals surface area contributed by atoms with Crippen LogP contribution in [0.25, 0.3) is 0 Å². The summed E-state index contributed by atoms with van der Waals surface area (Å²) in [6.07, 6.45) is 3.53. The summed E-state index contributed by atoms with van der Waals surface area (Å²) >= 11 is 1.47. The van der Waals surface area contributed by atoms with Crippen molar-refractivity contribution in [2.45, 2.75) is 30.7 Å². The maximum absolute atomic E-state index is 12.1. The van der Waals surface area contributed by atoms with E-state index in [1.165, 1.54) is 17.8 Å². The summed E-state index contributed by atoms with van der Waals surface area (Å²) in [4.78, 5) is 1.30. The first kappa shape index (κ1) is 13.0. The Morgan fingerprint density at radius 2 is 2.24 bits per heavy atom. The van der Waals surface area contributed by atoms with Crippen LogP contribution < -0.4 is 10.0 Å². The Bertz CT molecular complexity index is 464. The summed E-state index contributed by atoms with van der Waals surface area (Å²) < 4.78 is 26.9. The fourth-order valence-corrected chi connectivity index (χ4v) is 4.43. The molecule has 0 aromatic carbocycles. The third kappa shape index (κ3) is 3.07. The predicted octanol–water partition coefficient (Wildman–Crippen LogP) is 1.55. The van der Waals surface area contributed by atoms with Crippen molar-refractivity contribution in [2.24, 2.45) is 5.92 Å². The van der Waals surface area contributed by atoms with Crippen LogP contribution in [0.3, 0.4) is 0 Å². The average molecular weight is 274 g/mol. The third-order valence-electron chi connectivity index (χ3n) is 3.12. The number of hydrogen-bond donors (Lipinski definition) is 2. The first-order chi connectivity index (χ1) is 8.13. The lowest BCUT2D eigenvalue weighted by molar-refractivity contribution is 0.316. The van der Waals surface area contributed by atoms with E-state index in [4.69, 9.17) is 0 Å². The second kappa shape index (κ2) is 5.48. The van der Waals surface area contributed by atoms with Crippen LogP contribution in [0.1, 0.15) is 24.1 Å². The number of rotatable bonds is 6. The van der Waals surface area contributed by atoms with Gasteiger partial charge >= 0.3 is 0 Å². The molecule has 2 rings (SSSR count). The summed E-state index contributed by atoms with van der Waals surface area (Å²) in [7, 11) is -1.50. The van der Waals surface area contributed by atoms with Crippen LogP contribution in [0.5, 0.6) is 0 Å². The van der Waals surface area contributed by atoms with Crippen LogP contribution in [-0.2, 0) is 16.6 Å². The van der Waals surface area contributed by atoms with Gasteiger partial charge in [-0.2, -0.15) is 0 Å². The first-order valence-electron chi connectivity index (χ1n) is 5.84. The molecule has 0 atom stereocenters. The number of hydrogen-bond acceptors (Lipinski definition) is 4. The van der Waals surface area contributed by atoms with Gasteiger partial charge in [-0.15, -0.1) is 11.3 Å². The Hall–Kier alpha value is -0.430. The van der Waals surface area contributed by atoms with Crippen molar-refractivity contribution in [3.8, 4) is 0 Å². The Balaban J connectivity index is 2.04. The summed E-state index contributed by atoms with van der Waals surface area (Å²) in [6, 6.07) is 1.68. The minimum Gasteiger partial charge on any atom is -0.315 e. The van der Waals surface area contributed by atoms with Gasteiger partial charge in [-0.05, 0) is 37.3 Å². The zero-order chi connectivity index (χ0) is 12.3. The zero-order valence-corrected chi connectivity index (χ0v) is 11.5. The first-order valence-corrected chi connectivity index (χ1v) is 8.20. The van der Waals surface area contributed by atoms with E-state index < -0.39 is 10.0 Å². The molecule has 1 aromatic rings. The topological polar surface area (TPSA) is 58.2 Å². The predicted molar refractivity (Wildman–Crippen MR) is 69.6 cm³/mol. The Labute approximate surface area is 106 Å². The van der Waals surface area contributed by atoms with Gasteiger partial charge in [0.2, 0.25) is 10.0 Å². The van der Waals surface area contributed by atoms with Crippen molar-refractivity contribution in [3.63, 3.8) is 0 Å². The van der Waals surface area contributed by atoms with E-state index >= 15 is 0 Å². The smallest absolute Gasteiger partial charge is 0.241 e. The van der Waals surface area contributed by atoms with Gasteiger partial charge in [0, 0.05) is 18.0 Å². The van der Waals surface area contributed by atoms with Gasteiger partial charge in [0.1, 0.15) is 0 Å². The summed E-state index contributed by atoms with van der Waals surface area (Å²) in [5.74, 6) is 0.538. The maximum atomic E-state index is 12.1. The van der Waals surface area contributed by atoms with Crippen molar-refractivity contribution in [1.82, 2.24) is 10.0 Å². The van der Waals surface area contributed by atoms with Gasteiger partial charge in [-0.1, -0.05) is 6.42 Å². The molecule has 1 aliphatic carbocycles. The van der Waals surface area contributed by atoms with E-state index in [0.717, 1.165) is 17.7 Å². The largest absolute Gasteiger partial charge is 0.315 e. The highest BCUT2D eigenvalue weighted by atomic mass is 32.2. The second-order valence-electron chi connectivity index (χ2n) is 4.39. The van der Waals surface area contributed by atoms with E-state index in [-0.39, 0.29) is 0 Å². The molecule has 96 valence electrons. The highest BCUT2D eigenvalue weighted by Crippen LogP contribution is 2.26. The van der Waals surface area contributed by atoms with E-state index in [2.05, 4.69) is 10.0 Å². The molecule has 0 aliphatic heterocycles. The molecule has 0 unspecified atom stereocenters. The molecule has 0 radical (unpaired) electrons. The van der Waals surface area contributed by atoms with E-state index in [0.29, 0.717) is 23.9 Å². The van der Waals surface area contributed by atoms with Crippen molar-refractivity contribution < 1.29 is 8.42 Å². The van der Waals surface area contributed by atoms with E-state index in [1.54, 1.807) is 6.07 Å². The molecule has 17 heavy (non-hydrogen) atoms. The highest BCUT2D eigenvalue weighted by Gasteiger charge is 2.23. The molecule has 0 bridgehead atoms. The van der Waals surface area contributed by atoms with Crippen molar-refractivity contribution in [3.05, 3.63) is 16.3 Å². The van der Waals surface area contributed by atoms with Gasteiger partial charge in [0.15, 0.2) is 0 Å². The van der Waals surface area contributed by atoms with E-state index in [1.807, 2.05) is 12.4 Å². The monoisotopic (exact) mass is 274 g/mol. The number of nitrogens with one attached hydrogen (secondary N) is 2. The lowest BCUT2D eigenvalue weighted by Gasteiger charge is -2.25. The fourth-order valence-electron chi connectivity index (χ4n) is 1.86. The molecule has 1 heterocycles. The molecule has 1 aromatic heterocycles. The summed E-state index contributed by atoms with van der Waals surface area (Å²) in [5, 5.41) is 4.81. The minimum absolute atomic E-state index is 0.427. The van der Waals surface area contributed by atoms with Crippen LogP contribution in [0.2, 0.25) is 0 Å². The van der Waals surface area contributed by atoms with E-state index in [9.17, 15) is 8.42 Å².